The second kappa shape index (κ2) is 6.25. The van der Waals surface area contributed by atoms with Crippen LogP contribution >= 0.6 is 0 Å². The summed E-state index contributed by atoms with van der Waals surface area (Å²) in [5, 5.41) is 13.2. The third kappa shape index (κ3) is 2.58. The van der Waals surface area contributed by atoms with E-state index in [-0.39, 0.29) is 0 Å². The molecule has 0 radical (unpaired) electrons. The summed E-state index contributed by atoms with van der Waals surface area (Å²) in [6, 6.07) is 16.4. The molecule has 0 unspecified atom stereocenters. The van der Waals surface area contributed by atoms with Crippen molar-refractivity contribution in [1.82, 2.24) is 9.97 Å². The summed E-state index contributed by atoms with van der Waals surface area (Å²) in [5.41, 5.74) is 5.58. The molecule has 0 bridgehead atoms. The highest BCUT2D eigenvalue weighted by molar-refractivity contribution is 5.77. The van der Waals surface area contributed by atoms with Gasteiger partial charge in [0.25, 0.3) is 0 Å². The van der Waals surface area contributed by atoms with Gasteiger partial charge in [0, 0.05) is 18.5 Å². The molecular formula is C20H18N5+. The summed E-state index contributed by atoms with van der Waals surface area (Å²) in [6.45, 7) is 2.12. The Morgan fingerprint density at radius 3 is 2.76 bits per heavy atom. The molecule has 3 aromatic heterocycles. The lowest BCUT2D eigenvalue weighted by Gasteiger charge is -2.08. The van der Waals surface area contributed by atoms with Crippen molar-refractivity contribution in [2.24, 2.45) is 0 Å². The summed E-state index contributed by atoms with van der Waals surface area (Å²) in [5.74, 6) is 0.932. The fourth-order valence-electron chi connectivity index (χ4n) is 3.22. The van der Waals surface area contributed by atoms with Crippen molar-refractivity contribution in [3.05, 3.63) is 66.0 Å². The number of hydrogen-bond donors (Lipinski definition) is 2. The van der Waals surface area contributed by atoms with Gasteiger partial charge >= 0.3 is 0 Å². The van der Waals surface area contributed by atoms with Crippen LogP contribution < -0.4 is 9.72 Å². The van der Waals surface area contributed by atoms with Gasteiger partial charge in [0.15, 0.2) is 0 Å². The predicted octanol–water partition coefficient (Wildman–Crippen LogP) is 3.87. The van der Waals surface area contributed by atoms with Crippen molar-refractivity contribution in [2.75, 3.05) is 5.32 Å². The maximum atomic E-state index is 9.74. The number of anilines is 2. The van der Waals surface area contributed by atoms with Crippen LogP contribution in [-0.2, 0) is 6.42 Å². The molecule has 4 aromatic rings. The van der Waals surface area contributed by atoms with E-state index >= 15 is 0 Å². The number of para-hydroxylation sites is 2. The molecule has 0 amide bonds. The minimum absolute atomic E-state index is 0.707. The zero-order valence-corrected chi connectivity index (χ0v) is 14.0. The molecule has 25 heavy (non-hydrogen) atoms. The minimum Gasteiger partial charge on any atom is -0.273 e. The third-order valence-corrected chi connectivity index (χ3v) is 4.32. The first-order chi connectivity index (χ1) is 12.3. The van der Waals surface area contributed by atoms with E-state index in [4.69, 9.17) is 0 Å². The number of pyridine rings is 2. The Balaban J connectivity index is 2.04. The molecule has 3 heterocycles. The van der Waals surface area contributed by atoms with Gasteiger partial charge in [-0.2, -0.15) is 9.66 Å². The Morgan fingerprint density at radius 2 is 2.00 bits per heavy atom. The third-order valence-electron chi connectivity index (χ3n) is 4.32. The van der Waals surface area contributed by atoms with Crippen molar-refractivity contribution < 1.29 is 4.40 Å². The van der Waals surface area contributed by atoms with Crippen LogP contribution in [0.5, 0.6) is 0 Å². The molecule has 5 nitrogen and oxygen atoms in total. The zero-order chi connectivity index (χ0) is 17.2. The molecule has 0 saturated carbocycles. The van der Waals surface area contributed by atoms with Gasteiger partial charge in [0.2, 0.25) is 11.5 Å². The van der Waals surface area contributed by atoms with Crippen molar-refractivity contribution in [3.8, 4) is 6.07 Å². The van der Waals surface area contributed by atoms with Gasteiger partial charge in [0.05, 0.1) is 5.69 Å². The number of aryl methyl sites for hydroxylation is 1. The number of hydrogen-bond acceptors (Lipinski definition) is 3. The summed E-state index contributed by atoms with van der Waals surface area (Å²) in [6.07, 6.45) is 5.37. The average molecular weight is 328 g/mol. The molecule has 2 N–H and O–H groups in total. The van der Waals surface area contributed by atoms with Gasteiger partial charge in [-0.25, -0.2) is 0 Å². The molecule has 0 aliphatic heterocycles. The molecule has 122 valence electrons. The smallest absolute Gasteiger partial charge is 0.250 e. The number of imidazole rings is 1. The second-order valence-electron chi connectivity index (χ2n) is 5.98. The highest BCUT2D eigenvalue weighted by Gasteiger charge is 2.21. The van der Waals surface area contributed by atoms with Crippen molar-refractivity contribution in [2.45, 2.75) is 19.8 Å². The number of nitrogens with zero attached hydrogens (tertiary/aromatic N) is 3. The topological polar surface area (TPSA) is 68.6 Å². The van der Waals surface area contributed by atoms with E-state index in [1.807, 2.05) is 30.3 Å². The molecule has 0 aliphatic carbocycles. The van der Waals surface area contributed by atoms with E-state index in [1.54, 1.807) is 12.4 Å². The first-order valence-corrected chi connectivity index (χ1v) is 8.37. The summed E-state index contributed by atoms with van der Waals surface area (Å²) in [7, 11) is 0. The van der Waals surface area contributed by atoms with Crippen molar-refractivity contribution >= 4 is 28.2 Å². The molecule has 0 spiro atoms. The van der Waals surface area contributed by atoms with Gasteiger partial charge in [-0.1, -0.05) is 25.5 Å². The van der Waals surface area contributed by atoms with Crippen LogP contribution in [0.2, 0.25) is 0 Å². The fourth-order valence-corrected chi connectivity index (χ4v) is 3.22. The van der Waals surface area contributed by atoms with Crippen LogP contribution in [0.25, 0.3) is 16.7 Å². The highest BCUT2D eigenvalue weighted by atomic mass is 15.1. The first-order valence-electron chi connectivity index (χ1n) is 8.37. The van der Waals surface area contributed by atoms with E-state index in [0.717, 1.165) is 46.6 Å². The van der Waals surface area contributed by atoms with Crippen molar-refractivity contribution in [3.63, 3.8) is 0 Å². The van der Waals surface area contributed by atoms with Gasteiger partial charge in [-0.05, 0) is 36.2 Å². The zero-order valence-electron chi connectivity index (χ0n) is 14.0. The number of nitrogens with one attached hydrogen (secondary N) is 2. The van der Waals surface area contributed by atoms with Crippen LogP contribution in [0.1, 0.15) is 24.5 Å². The molecule has 1 aromatic carbocycles. The minimum atomic E-state index is 0.707. The summed E-state index contributed by atoms with van der Waals surface area (Å²) >= 11 is 0. The maximum Gasteiger partial charge on any atom is 0.250 e. The Kier molecular flexibility index (Phi) is 3.79. The van der Waals surface area contributed by atoms with Gasteiger partial charge < -0.3 is 0 Å². The molecule has 0 aliphatic rings. The Bertz CT molecular complexity index is 1090. The van der Waals surface area contributed by atoms with Gasteiger partial charge in [0.1, 0.15) is 22.7 Å². The van der Waals surface area contributed by atoms with E-state index in [0.29, 0.717) is 5.56 Å². The Hall–Kier alpha value is -3.39. The fraction of sp³-hybridized carbons (Fsp3) is 0.150. The monoisotopic (exact) mass is 328 g/mol. The second-order valence-corrected chi connectivity index (χ2v) is 5.98. The number of benzene rings is 1. The van der Waals surface area contributed by atoms with E-state index in [2.05, 4.69) is 44.8 Å². The summed E-state index contributed by atoms with van der Waals surface area (Å²) < 4.78 is 2.08. The lowest BCUT2D eigenvalue weighted by atomic mass is 10.1. The van der Waals surface area contributed by atoms with Crippen LogP contribution in [0, 0.1) is 11.3 Å². The quantitative estimate of drug-likeness (QED) is 0.559. The maximum absolute atomic E-state index is 9.74. The van der Waals surface area contributed by atoms with Crippen LogP contribution in [-0.4, -0.2) is 9.97 Å². The first kappa shape index (κ1) is 15.2. The SMILES string of the molecule is CCCc1cc(Nc2ccncc2)[n+]2c([nH]c3ccccc32)c1C#N. The van der Waals surface area contributed by atoms with E-state index in [1.165, 1.54) is 0 Å². The Morgan fingerprint density at radius 1 is 1.20 bits per heavy atom. The molecule has 0 saturated heterocycles. The number of aromatic nitrogens is 3. The molecule has 0 fully saturated rings. The number of aromatic amines is 1. The highest BCUT2D eigenvalue weighted by Crippen LogP contribution is 2.23. The number of nitriles is 1. The number of H-pyrrole nitrogens is 1. The van der Waals surface area contributed by atoms with Crippen LogP contribution in [0.3, 0.4) is 0 Å². The number of fused-ring (bicyclic) bond motifs is 3. The van der Waals surface area contributed by atoms with Crippen LogP contribution in [0.15, 0.2) is 54.9 Å². The average Bonchev–Trinajstić information content (AvgIpc) is 3.02. The lowest BCUT2D eigenvalue weighted by Crippen LogP contribution is -2.26. The lowest BCUT2D eigenvalue weighted by molar-refractivity contribution is -0.464. The van der Waals surface area contributed by atoms with Crippen LogP contribution in [0.4, 0.5) is 11.5 Å². The predicted molar refractivity (Wildman–Crippen MR) is 97.7 cm³/mol. The molecule has 0 atom stereocenters. The summed E-state index contributed by atoms with van der Waals surface area (Å²) in [4.78, 5) is 7.48. The van der Waals surface area contributed by atoms with Crippen molar-refractivity contribution in [1.29, 1.82) is 5.26 Å². The molecular weight excluding hydrogens is 310 g/mol. The van der Waals surface area contributed by atoms with E-state index < -0.39 is 0 Å². The largest absolute Gasteiger partial charge is 0.273 e. The van der Waals surface area contributed by atoms with Gasteiger partial charge in [-0.15, -0.1) is 0 Å². The molecule has 5 heteroatoms. The normalized spacial score (nSPS) is 10.9. The standard InChI is InChI=1S/C20H17N5/c1-2-5-14-12-19(23-15-8-10-22-11-9-15)25-18-7-4-3-6-17(18)24-20(25)16(14)13-21/h3-4,6-12H,2,5H2,1H3,(H,22,23,24)/p+1. The van der Waals surface area contributed by atoms with E-state index in [9.17, 15) is 5.26 Å². The molecule has 4 rings (SSSR count). The Labute approximate surface area is 145 Å². The van der Waals surface area contributed by atoms with Gasteiger partial charge in [-0.3, -0.25) is 15.3 Å². The number of rotatable bonds is 4.